The van der Waals surface area contributed by atoms with Gasteiger partial charge in [0.2, 0.25) is 11.8 Å². The summed E-state index contributed by atoms with van der Waals surface area (Å²) in [6.45, 7) is 7.63. The molecule has 0 aliphatic carbocycles. The van der Waals surface area contributed by atoms with E-state index in [9.17, 15) is 5.11 Å². The normalized spacial score (nSPS) is 15.1. The average Bonchev–Trinajstić information content (AvgIpc) is 3.02. The maximum Gasteiger partial charge on any atom is 0.231 e. The molecule has 2 N–H and O–H groups in total. The fraction of sp³-hybridized carbons (Fsp3) is 0.550. The number of nitrogens with zero attached hydrogens (tertiary/aromatic N) is 3. The third-order valence-electron chi connectivity index (χ3n) is 4.73. The molecular weight excluding hydrogens is 328 g/mol. The minimum absolute atomic E-state index is 0.0520. The number of aromatic hydroxyl groups is 1. The van der Waals surface area contributed by atoms with Gasteiger partial charge in [-0.1, -0.05) is 18.6 Å². The molecule has 0 atom stereocenters. The molecule has 6 heteroatoms. The number of nitrogens with one attached hydrogen (secondary N) is 1. The number of hydrogen-bond donors (Lipinski definition) is 2. The third-order valence-corrected chi connectivity index (χ3v) is 4.73. The van der Waals surface area contributed by atoms with Gasteiger partial charge in [-0.15, -0.1) is 0 Å². The second-order valence-electron chi connectivity index (χ2n) is 6.82. The number of ether oxygens (including phenoxy) is 1. The SMILES string of the molecule is CCn1cc(O)nc1NCCCOc1cccc(CN2CCCCC2)c1. The van der Waals surface area contributed by atoms with Gasteiger partial charge in [-0.2, -0.15) is 4.98 Å². The van der Waals surface area contributed by atoms with Gasteiger partial charge in [0, 0.05) is 19.6 Å². The summed E-state index contributed by atoms with van der Waals surface area (Å²) in [5, 5.41) is 12.7. The van der Waals surface area contributed by atoms with Gasteiger partial charge in [-0.05, 0) is 57.0 Å². The van der Waals surface area contributed by atoms with E-state index in [0.717, 1.165) is 31.8 Å². The molecule has 2 aromatic rings. The number of aromatic nitrogens is 2. The zero-order chi connectivity index (χ0) is 18.2. The van der Waals surface area contributed by atoms with Gasteiger partial charge in [0.15, 0.2) is 0 Å². The molecular formula is C20H30N4O2. The summed E-state index contributed by atoms with van der Waals surface area (Å²) < 4.78 is 7.79. The van der Waals surface area contributed by atoms with Crippen LogP contribution in [0.5, 0.6) is 11.6 Å². The van der Waals surface area contributed by atoms with Gasteiger partial charge in [-0.3, -0.25) is 4.90 Å². The zero-order valence-electron chi connectivity index (χ0n) is 15.7. The Bertz CT molecular complexity index is 680. The number of anilines is 1. The fourth-order valence-corrected chi connectivity index (χ4v) is 3.36. The number of rotatable bonds is 9. The summed E-state index contributed by atoms with van der Waals surface area (Å²) >= 11 is 0. The minimum atomic E-state index is 0.0520. The number of piperidine rings is 1. The maximum absolute atomic E-state index is 9.46. The monoisotopic (exact) mass is 358 g/mol. The molecule has 6 nitrogen and oxygen atoms in total. The molecule has 0 unspecified atom stereocenters. The molecule has 0 spiro atoms. The Morgan fingerprint density at radius 3 is 2.88 bits per heavy atom. The molecule has 3 rings (SSSR count). The Morgan fingerprint density at radius 2 is 2.08 bits per heavy atom. The van der Waals surface area contributed by atoms with Crippen molar-refractivity contribution in [3.05, 3.63) is 36.0 Å². The highest BCUT2D eigenvalue weighted by molar-refractivity contribution is 5.31. The third kappa shape index (κ3) is 5.39. The highest BCUT2D eigenvalue weighted by Gasteiger charge is 2.10. The van der Waals surface area contributed by atoms with Crippen LogP contribution in [0.1, 0.15) is 38.2 Å². The maximum atomic E-state index is 9.46. The van der Waals surface area contributed by atoms with E-state index in [1.165, 1.54) is 37.9 Å². The zero-order valence-corrected chi connectivity index (χ0v) is 15.7. The second-order valence-corrected chi connectivity index (χ2v) is 6.82. The summed E-state index contributed by atoms with van der Waals surface area (Å²) in [5.74, 6) is 1.69. The topological polar surface area (TPSA) is 62.6 Å². The summed E-state index contributed by atoms with van der Waals surface area (Å²) in [5.41, 5.74) is 1.32. The average molecular weight is 358 g/mol. The Labute approximate surface area is 155 Å². The Morgan fingerprint density at radius 1 is 1.23 bits per heavy atom. The predicted molar refractivity (Wildman–Crippen MR) is 104 cm³/mol. The lowest BCUT2D eigenvalue weighted by Crippen LogP contribution is -2.29. The molecule has 1 aliphatic heterocycles. The van der Waals surface area contributed by atoms with E-state index in [-0.39, 0.29) is 5.88 Å². The molecule has 1 aliphatic rings. The van der Waals surface area contributed by atoms with E-state index >= 15 is 0 Å². The molecule has 26 heavy (non-hydrogen) atoms. The van der Waals surface area contributed by atoms with E-state index in [2.05, 4.69) is 33.4 Å². The van der Waals surface area contributed by atoms with Gasteiger partial charge in [0.05, 0.1) is 12.8 Å². The van der Waals surface area contributed by atoms with Crippen LogP contribution in [0.4, 0.5) is 5.95 Å². The van der Waals surface area contributed by atoms with E-state index in [4.69, 9.17) is 4.74 Å². The molecule has 2 heterocycles. The molecule has 0 bridgehead atoms. The van der Waals surface area contributed by atoms with Crippen LogP contribution >= 0.6 is 0 Å². The fourth-order valence-electron chi connectivity index (χ4n) is 3.36. The number of benzene rings is 1. The summed E-state index contributed by atoms with van der Waals surface area (Å²) in [6, 6.07) is 8.44. The number of hydrogen-bond acceptors (Lipinski definition) is 5. The molecule has 1 saturated heterocycles. The van der Waals surface area contributed by atoms with Gasteiger partial charge in [0.25, 0.3) is 0 Å². The van der Waals surface area contributed by atoms with Crippen molar-refractivity contribution in [1.82, 2.24) is 14.5 Å². The van der Waals surface area contributed by atoms with E-state index in [1.54, 1.807) is 6.20 Å². The molecule has 0 saturated carbocycles. The first-order chi connectivity index (χ1) is 12.7. The standard InChI is InChI=1S/C20H30N4O2/c1-2-24-16-19(25)22-20(24)21-10-7-13-26-18-9-6-8-17(14-18)15-23-11-4-3-5-12-23/h6,8-9,14,16,25H,2-5,7,10-13,15H2,1H3,(H,21,22). The van der Waals surface area contributed by atoms with Crippen LogP contribution in [-0.4, -0.2) is 45.8 Å². The smallest absolute Gasteiger partial charge is 0.231 e. The van der Waals surface area contributed by atoms with Crippen molar-refractivity contribution in [2.24, 2.45) is 0 Å². The molecule has 1 aromatic heterocycles. The molecule has 1 fully saturated rings. The van der Waals surface area contributed by atoms with Crippen molar-refractivity contribution >= 4 is 5.95 Å². The van der Waals surface area contributed by atoms with Crippen LogP contribution in [0.25, 0.3) is 0 Å². The van der Waals surface area contributed by atoms with E-state index in [0.29, 0.717) is 12.6 Å². The number of aryl methyl sites for hydroxylation is 1. The first-order valence-electron chi connectivity index (χ1n) is 9.68. The first-order valence-corrected chi connectivity index (χ1v) is 9.68. The van der Waals surface area contributed by atoms with Gasteiger partial charge < -0.3 is 19.7 Å². The summed E-state index contributed by atoms with van der Waals surface area (Å²) in [4.78, 5) is 6.59. The van der Waals surface area contributed by atoms with E-state index < -0.39 is 0 Å². The van der Waals surface area contributed by atoms with Gasteiger partial charge in [-0.25, -0.2) is 0 Å². The Balaban J connectivity index is 1.39. The largest absolute Gasteiger partial charge is 0.494 e. The van der Waals surface area contributed by atoms with Crippen LogP contribution in [0.2, 0.25) is 0 Å². The Kier molecular flexibility index (Phi) is 6.77. The molecule has 0 amide bonds. The van der Waals surface area contributed by atoms with Crippen LogP contribution in [0.15, 0.2) is 30.5 Å². The number of imidazole rings is 1. The lowest BCUT2D eigenvalue weighted by atomic mass is 10.1. The van der Waals surface area contributed by atoms with E-state index in [1.807, 2.05) is 17.6 Å². The van der Waals surface area contributed by atoms with Crippen molar-refractivity contribution in [3.8, 4) is 11.6 Å². The van der Waals surface area contributed by atoms with Crippen molar-refractivity contribution < 1.29 is 9.84 Å². The van der Waals surface area contributed by atoms with Crippen molar-refractivity contribution in [2.75, 3.05) is 31.6 Å². The van der Waals surface area contributed by atoms with Crippen LogP contribution in [-0.2, 0) is 13.1 Å². The Hall–Kier alpha value is -2.21. The quantitative estimate of drug-likeness (QED) is 0.672. The summed E-state index contributed by atoms with van der Waals surface area (Å²) in [7, 11) is 0. The summed E-state index contributed by atoms with van der Waals surface area (Å²) in [6.07, 6.45) is 6.50. The van der Waals surface area contributed by atoms with Crippen molar-refractivity contribution in [1.29, 1.82) is 0 Å². The van der Waals surface area contributed by atoms with Crippen molar-refractivity contribution in [2.45, 2.75) is 45.7 Å². The van der Waals surface area contributed by atoms with Crippen molar-refractivity contribution in [3.63, 3.8) is 0 Å². The van der Waals surface area contributed by atoms with Crippen LogP contribution < -0.4 is 10.1 Å². The highest BCUT2D eigenvalue weighted by Crippen LogP contribution is 2.18. The van der Waals surface area contributed by atoms with Crippen LogP contribution in [0, 0.1) is 0 Å². The molecule has 0 radical (unpaired) electrons. The molecule has 1 aromatic carbocycles. The lowest BCUT2D eigenvalue weighted by Gasteiger charge is -2.26. The van der Waals surface area contributed by atoms with Gasteiger partial charge >= 0.3 is 0 Å². The lowest BCUT2D eigenvalue weighted by molar-refractivity contribution is 0.220. The minimum Gasteiger partial charge on any atom is -0.494 e. The highest BCUT2D eigenvalue weighted by atomic mass is 16.5. The predicted octanol–water partition coefficient (Wildman–Crippen LogP) is 3.48. The molecule has 142 valence electrons. The first kappa shape index (κ1) is 18.6. The van der Waals surface area contributed by atoms with Crippen LogP contribution in [0.3, 0.4) is 0 Å². The van der Waals surface area contributed by atoms with Gasteiger partial charge in [0.1, 0.15) is 5.75 Å². The number of likely N-dealkylation sites (tertiary alicyclic amines) is 1. The second kappa shape index (κ2) is 9.48.